The van der Waals surface area contributed by atoms with E-state index < -0.39 is 0 Å². The molecule has 0 aliphatic carbocycles. The molecular weight excluding hydrogens is 378 g/mol. The minimum absolute atomic E-state index is 0.135. The molecule has 0 saturated carbocycles. The zero-order valence-electron chi connectivity index (χ0n) is 10.0. The van der Waals surface area contributed by atoms with Crippen LogP contribution in [0.15, 0.2) is 42.5 Å². The van der Waals surface area contributed by atoms with E-state index in [9.17, 15) is 4.39 Å². The number of rotatable bonds is 4. The smallest absolute Gasteiger partial charge is 0.145 e. The molecule has 5 heteroatoms. The zero-order chi connectivity index (χ0) is 13.8. The lowest BCUT2D eigenvalue weighted by Gasteiger charge is -2.17. The first-order chi connectivity index (χ1) is 9.11. The Labute approximate surface area is 130 Å². The number of hydrogen-bond acceptors (Lipinski definition) is 2. The maximum absolute atomic E-state index is 13.9. The Kier molecular flexibility index (Phi) is 5.15. The van der Waals surface area contributed by atoms with Gasteiger partial charge in [0.2, 0.25) is 0 Å². The topological polar surface area (TPSA) is 38.0 Å². The second-order valence-electron chi connectivity index (χ2n) is 4.19. The summed E-state index contributed by atoms with van der Waals surface area (Å²) in [7, 11) is 0. The Morgan fingerprint density at radius 1 is 1.26 bits per heavy atom. The molecule has 19 heavy (non-hydrogen) atoms. The third-order valence-corrected chi connectivity index (χ3v) is 3.87. The lowest BCUT2D eigenvalue weighted by Crippen LogP contribution is -2.29. The molecule has 0 heterocycles. The molecule has 0 saturated heterocycles. The van der Waals surface area contributed by atoms with Gasteiger partial charge in [-0.3, -0.25) is 11.3 Å². The van der Waals surface area contributed by atoms with Gasteiger partial charge in [0.25, 0.3) is 0 Å². The Morgan fingerprint density at radius 3 is 2.68 bits per heavy atom. The van der Waals surface area contributed by atoms with Crippen molar-refractivity contribution in [1.29, 1.82) is 0 Å². The summed E-state index contributed by atoms with van der Waals surface area (Å²) in [6.07, 6.45) is 0.447. The normalized spacial score (nSPS) is 12.4. The van der Waals surface area contributed by atoms with E-state index in [-0.39, 0.29) is 16.9 Å². The van der Waals surface area contributed by atoms with Gasteiger partial charge in [0.15, 0.2) is 0 Å². The number of nitrogens with two attached hydrogens (primary N) is 1. The van der Waals surface area contributed by atoms with E-state index >= 15 is 0 Å². The van der Waals surface area contributed by atoms with Crippen LogP contribution in [0.3, 0.4) is 0 Å². The Bertz CT molecular complexity index is 577. The number of nitrogens with one attached hydrogen (secondary N) is 1. The summed E-state index contributed by atoms with van der Waals surface area (Å²) in [4.78, 5) is 0. The molecule has 0 fully saturated rings. The second-order valence-corrected chi connectivity index (χ2v) is 5.84. The molecule has 2 rings (SSSR count). The highest BCUT2D eigenvalue weighted by Gasteiger charge is 2.14. The van der Waals surface area contributed by atoms with Gasteiger partial charge in [-0.2, -0.15) is 0 Å². The molecule has 1 atom stereocenters. The second kappa shape index (κ2) is 6.65. The van der Waals surface area contributed by atoms with E-state index in [2.05, 4.69) is 28.0 Å². The molecule has 3 N–H and O–H groups in total. The molecule has 2 aromatic rings. The molecule has 0 amide bonds. The number of halogens is 3. The van der Waals surface area contributed by atoms with Crippen LogP contribution in [-0.4, -0.2) is 0 Å². The van der Waals surface area contributed by atoms with Crippen molar-refractivity contribution in [2.24, 2.45) is 5.84 Å². The van der Waals surface area contributed by atoms with Gasteiger partial charge in [0.1, 0.15) is 5.82 Å². The third kappa shape index (κ3) is 3.66. The lowest BCUT2D eigenvalue weighted by atomic mass is 9.99. The quantitative estimate of drug-likeness (QED) is 0.473. The van der Waals surface area contributed by atoms with Crippen LogP contribution in [0.2, 0.25) is 5.02 Å². The summed E-state index contributed by atoms with van der Waals surface area (Å²) >= 11 is 8.02. The van der Waals surface area contributed by atoms with Crippen LogP contribution < -0.4 is 11.3 Å². The Morgan fingerprint density at radius 2 is 2.00 bits per heavy atom. The zero-order valence-corrected chi connectivity index (χ0v) is 13.0. The van der Waals surface area contributed by atoms with Gasteiger partial charge in [0, 0.05) is 3.57 Å². The molecule has 0 radical (unpaired) electrons. The molecule has 100 valence electrons. The molecule has 0 aliphatic rings. The molecule has 0 bridgehead atoms. The maximum Gasteiger partial charge on any atom is 0.145 e. The van der Waals surface area contributed by atoms with Crippen molar-refractivity contribution in [3.8, 4) is 0 Å². The summed E-state index contributed by atoms with van der Waals surface area (Å²) in [5.74, 6) is 5.20. The van der Waals surface area contributed by atoms with Crippen LogP contribution in [0.1, 0.15) is 17.2 Å². The molecular formula is C14H13ClFIN2. The summed E-state index contributed by atoms with van der Waals surface area (Å²) in [6.45, 7) is 0. The highest BCUT2D eigenvalue weighted by molar-refractivity contribution is 14.1. The van der Waals surface area contributed by atoms with Gasteiger partial charge >= 0.3 is 0 Å². The summed E-state index contributed by atoms with van der Waals surface area (Å²) in [6, 6.07) is 12.8. The molecule has 0 aliphatic heterocycles. The van der Waals surface area contributed by atoms with Crippen LogP contribution in [0.25, 0.3) is 0 Å². The first-order valence-electron chi connectivity index (χ1n) is 5.76. The number of hydrazine groups is 1. The monoisotopic (exact) mass is 390 g/mol. The van der Waals surface area contributed by atoms with Crippen molar-refractivity contribution >= 4 is 34.2 Å². The number of hydrogen-bond donors (Lipinski definition) is 2. The molecule has 1 unspecified atom stereocenters. The summed E-state index contributed by atoms with van der Waals surface area (Å²) in [5.41, 5.74) is 4.30. The van der Waals surface area contributed by atoms with E-state index in [0.717, 1.165) is 9.13 Å². The highest BCUT2D eigenvalue weighted by Crippen LogP contribution is 2.24. The van der Waals surface area contributed by atoms with Crippen LogP contribution in [-0.2, 0) is 6.42 Å². The predicted octanol–water partition coefficient (Wildman–Crippen LogP) is 3.83. The van der Waals surface area contributed by atoms with Crippen LogP contribution in [0.5, 0.6) is 0 Å². The van der Waals surface area contributed by atoms with Crippen molar-refractivity contribution in [3.63, 3.8) is 0 Å². The number of benzene rings is 2. The van der Waals surface area contributed by atoms with E-state index in [1.165, 1.54) is 6.07 Å². The van der Waals surface area contributed by atoms with Gasteiger partial charge in [-0.25, -0.2) is 4.39 Å². The van der Waals surface area contributed by atoms with Gasteiger partial charge in [-0.05, 0) is 58.3 Å². The molecule has 0 spiro atoms. The predicted molar refractivity (Wildman–Crippen MR) is 84.3 cm³/mol. The van der Waals surface area contributed by atoms with E-state index in [0.29, 0.717) is 12.0 Å². The maximum atomic E-state index is 13.9. The summed E-state index contributed by atoms with van der Waals surface area (Å²) in [5, 5.41) is 0.135. The Balaban J connectivity index is 2.26. The average molecular weight is 391 g/mol. The largest absolute Gasteiger partial charge is 0.271 e. The van der Waals surface area contributed by atoms with Gasteiger partial charge in [0.05, 0.1) is 11.1 Å². The highest BCUT2D eigenvalue weighted by atomic mass is 127. The molecule has 0 aromatic heterocycles. The van der Waals surface area contributed by atoms with Crippen LogP contribution >= 0.6 is 34.2 Å². The van der Waals surface area contributed by atoms with Crippen molar-refractivity contribution in [1.82, 2.24) is 5.43 Å². The van der Waals surface area contributed by atoms with Gasteiger partial charge < -0.3 is 0 Å². The first kappa shape index (κ1) is 14.7. The van der Waals surface area contributed by atoms with Crippen molar-refractivity contribution in [3.05, 3.63) is 68.0 Å². The van der Waals surface area contributed by atoms with E-state index in [1.54, 1.807) is 12.1 Å². The lowest BCUT2D eigenvalue weighted by molar-refractivity contribution is 0.529. The van der Waals surface area contributed by atoms with Crippen molar-refractivity contribution in [2.75, 3.05) is 0 Å². The third-order valence-electron chi connectivity index (χ3n) is 2.91. The fourth-order valence-corrected chi connectivity index (χ4v) is 2.68. The van der Waals surface area contributed by atoms with Crippen molar-refractivity contribution < 1.29 is 4.39 Å². The van der Waals surface area contributed by atoms with Crippen molar-refractivity contribution in [2.45, 2.75) is 12.5 Å². The van der Waals surface area contributed by atoms with Gasteiger partial charge in [-0.15, -0.1) is 0 Å². The first-order valence-corrected chi connectivity index (χ1v) is 7.22. The molecule has 2 nitrogen and oxygen atoms in total. The standard InChI is InChI=1S/C14H13ClFIN2/c15-12-6-2-4-10(14(12)16)8-13(19-18)9-3-1-5-11(17)7-9/h1-7,13,19H,8,18H2. The van der Waals surface area contributed by atoms with Crippen LogP contribution in [0, 0.1) is 9.39 Å². The van der Waals surface area contributed by atoms with E-state index in [1.807, 2.05) is 24.3 Å². The molecule has 2 aromatic carbocycles. The fourth-order valence-electron chi connectivity index (χ4n) is 1.92. The minimum atomic E-state index is -0.380. The van der Waals surface area contributed by atoms with Gasteiger partial charge in [-0.1, -0.05) is 35.9 Å². The summed E-state index contributed by atoms with van der Waals surface area (Å²) < 4.78 is 15.0. The Hall–Kier alpha value is -0.690. The van der Waals surface area contributed by atoms with Crippen LogP contribution in [0.4, 0.5) is 4.39 Å². The van der Waals surface area contributed by atoms with E-state index in [4.69, 9.17) is 17.4 Å². The average Bonchev–Trinajstić information content (AvgIpc) is 2.40. The minimum Gasteiger partial charge on any atom is -0.271 e. The SMILES string of the molecule is NNC(Cc1cccc(Cl)c1F)c1cccc(I)c1. The fraction of sp³-hybridized carbons (Fsp3) is 0.143.